The second-order valence-electron chi connectivity index (χ2n) is 9.99. The van der Waals surface area contributed by atoms with Crippen LogP contribution in [0.25, 0.3) is 39.2 Å². The first-order valence-electron chi connectivity index (χ1n) is 12.8. The predicted octanol–water partition coefficient (Wildman–Crippen LogP) is 5.02. The number of nitrogens with zero attached hydrogens (tertiary/aromatic N) is 5. The zero-order chi connectivity index (χ0) is 25.4. The normalized spacial score (nSPS) is 18.2. The summed E-state index contributed by atoms with van der Waals surface area (Å²) in [5.41, 5.74) is 5.63. The molecule has 0 saturated carbocycles. The molecule has 190 valence electrons. The van der Waals surface area contributed by atoms with Gasteiger partial charge in [0, 0.05) is 61.2 Å². The van der Waals surface area contributed by atoms with E-state index >= 15 is 4.39 Å². The molecule has 3 N–H and O–H groups in total. The first-order valence-corrected chi connectivity index (χ1v) is 12.8. The van der Waals surface area contributed by atoms with Gasteiger partial charge in [-0.15, -0.1) is 0 Å². The van der Waals surface area contributed by atoms with Crippen molar-refractivity contribution < 1.29 is 4.39 Å². The molecular weight excluding hydrogens is 467 g/mol. The number of piperidine rings is 1. The summed E-state index contributed by atoms with van der Waals surface area (Å²) in [6, 6.07) is 5.33. The van der Waals surface area contributed by atoms with Crippen molar-refractivity contribution in [2.45, 2.75) is 25.8 Å². The molecule has 3 aromatic heterocycles. The highest BCUT2D eigenvalue weighted by molar-refractivity contribution is 5.95. The Labute approximate surface area is 215 Å². The zero-order valence-electron chi connectivity index (χ0n) is 21.2. The van der Waals surface area contributed by atoms with E-state index in [2.05, 4.69) is 53.5 Å². The van der Waals surface area contributed by atoms with Crippen molar-refractivity contribution in [1.82, 2.24) is 34.9 Å². The molecule has 2 aliphatic heterocycles. The highest BCUT2D eigenvalue weighted by Crippen LogP contribution is 2.35. The van der Waals surface area contributed by atoms with Gasteiger partial charge in [0.05, 0.1) is 11.2 Å². The fraction of sp³-hybridized carbons (Fsp3) is 0.321. The van der Waals surface area contributed by atoms with E-state index in [1.54, 1.807) is 6.20 Å². The van der Waals surface area contributed by atoms with Crippen molar-refractivity contribution in [2.24, 2.45) is 0 Å². The van der Waals surface area contributed by atoms with Gasteiger partial charge >= 0.3 is 0 Å². The number of pyridine rings is 1. The average Bonchev–Trinajstić information content (AvgIpc) is 3.47. The van der Waals surface area contributed by atoms with E-state index < -0.39 is 0 Å². The highest BCUT2D eigenvalue weighted by Gasteiger charge is 2.24. The van der Waals surface area contributed by atoms with E-state index in [1.807, 2.05) is 32.4 Å². The smallest absolute Gasteiger partial charge is 0.161 e. The lowest BCUT2D eigenvalue weighted by atomic mass is 10.0. The van der Waals surface area contributed by atoms with E-state index in [4.69, 9.17) is 4.98 Å². The Kier molecular flexibility index (Phi) is 6.21. The summed E-state index contributed by atoms with van der Waals surface area (Å²) in [5, 5.41) is 11.8. The number of H-pyrrole nitrogens is 2. The van der Waals surface area contributed by atoms with Crippen LogP contribution in [0.15, 0.2) is 48.8 Å². The molecule has 2 aliphatic rings. The van der Waals surface area contributed by atoms with Crippen LogP contribution < -0.4 is 5.32 Å². The molecule has 1 saturated heterocycles. The fourth-order valence-corrected chi connectivity index (χ4v) is 5.19. The maximum absolute atomic E-state index is 15.2. The van der Waals surface area contributed by atoms with Crippen LogP contribution in [-0.2, 0) is 6.54 Å². The summed E-state index contributed by atoms with van der Waals surface area (Å²) < 4.78 is 15.2. The minimum Gasteiger partial charge on any atom is -0.370 e. The Morgan fingerprint density at radius 3 is 2.78 bits per heavy atom. The Morgan fingerprint density at radius 1 is 1.08 bits per heavy atom. The second-order valence-corrected chi connectivity index (χ2v) is 9.99. The molecule has 0 unspecified atom stereocenters. The van der Waals surface area contributed by atoms with Gasteiger partial charge in [0.1, 0.15) is 17.2 Å². The number of benzene rings is 1. The van der Waals surface area contributed by atoms with E-state index in [0.29, 0.717) is 29.1 Å². The van der Waals surface area contributed by atoms with Gasteiger partial charge in [-0.25, -0.2) is 9.37 Å². The van der Waals surface area contributed by atoms with Gasteiger partial charge in [0.25, 0.3) is 0 Å². The zero-order valence-corrected chi connectivity index (χ0v) is 21.2. The third kappa shape index (κ3) is 4.62. The summed E-state index contributed by atoms with van der Waals surface area (Å²) in [7, 11) is 4.00. The first-order chi connectivity index (χ1) is 18.1. The molecule has 8 nitrogen and oxygen atoms in total. The SMILES string of the molecule is CN(C)Cc1cncc(-c2cc3c(-c4nc5c([nH]4)/C(N4CCCCC4)=C\C=C/CN5)n[nH]c3cc2F)c1. The number of hydrogen-bond acceptors (Lipinski definition) is 6. The third-order valence-electron chi connectivity index (χ3n) is 6.91. The Balaban J connectivity index is 1.42. The van der Waals surface area contributed by atoms with E-state index in [1.165, 1.54) is 25.3 Å². The molecular formula is C28H31FN8. The van der Waals surface area contributed by atoms with E-state index in [0.717, 1.165) is 53.4 Å². The van der Waals surface area contributed by atoms with Gasteiger partial charge in [-0.1, -0.05) is 12.2 Å². The lowest BCUT2D eigenvalue weighted by molar-refractivity contribution is 0.325. The van der Waals surface area contributed by atoms with Gasteiger partial charge < -0.3 is 20.1 Å². The minimum absolute atomic E-state index is 0.318. The molecule has 37 heavy (non-hydrogen) atoms. The first kappa shape index (κ1) is 23.4. The van der Waals surface area contributed by atoms with Gasteiger partial charge in [0.2, 0.25) is 0 Å². The molecule has 6 rings (SSSR count). The quantitative estimate of drug-likeness (QED) is 0.358. The van der Waals surface area contributed by atoms with E-state index in [9.17, 15) is 0 Å². The fourth-order valence-electron chi connectivity index (χ4n) is 5.19. The van der Waals surface area contributed by atoms with Gasteiger partial charge in [0.15, 0.2) is 11.6 Å². The van der Waals surface area contributed by atoms with Crippen molar-refractivity contribution >= 4 is 22.4 Å². The molecule has 9 heteroatoms. The summed E-state index contributed by atoms with van der Waals surface area (Å²) in [4.78, 5) is 17.3. The number of hydrogen-bond donors (Lipinski definition) is 3. The van der Waals surface area contributed by atoms with Crippen LogP contribution in [-0.4, -0.2) is 68.7 Å². The predicted molar refractivity (Wildman–Crippen MR) is 145 cm³/mol. The number of anilines is 1. The van der Waals surface area contributed by atoms with Gasteiger partial charge in [-0.2, -0.15) is 5.10 Å². The largest absolute Gasteiger partial charge is 0.370 e. The van der Waals surface area contributed by atoms with Crippen LogP contribution in [0.3, 0.4) is 0 Å². The molecule has 0 aliphatic carbocycles. The Hall–Kier alpha value is -3.98. The number of fused-ring (bicyclic) bond motifs is 2. The molecule has 1 fully saturated rings. The summed E-state index contributed by atoms with van der Waals surface area (Å²) in [6.45, 7) is 3.48. The van der Waals surface area contributed by atoms with Crippen LogP contribution in [0.2, 0.25) is 0 Å². The Bertz CT molecular complexity index is 1490. The number of nitrogens with one attached hydrogen (secondary N) is 3. The van der Waals surface area contributed by atoms with Crippen LogP contribution in [0.5, 0.6) is 0 Å². The van der Waals surface area contributed by atoms with Crippen LogP contribution >= 0.6 is 0 Å². The van der Waals surface area contributed by atoms with Crippen molar-refractivity contribution in [3.63, 3.8) is 0 Å². The van der Waals surface area contributed by atoms with Crippen molar-refractivity contribution in [3.8, 4) is 22.6 Å². The standard InChI is InChI=1S/C28H31FN8/c1-36(2)17-18-12-19(16-30-15-18)20-13-21-23(14-22(20)29)34-35-25(21)28-32-26-24(37-10-6-3-7-11-37)8-4-5-9-31-27(26)33-28/h4-5,8,12-16,31H,3,6-7,9-11,17H2,1-2H3,(H,32,33)(H,34,35)/b5-4-,24-8+. The number of aromatic amines is 2. The van der Waals surface area contributed by atoms with Crippen molar-refractivity contribution in [1.29, 1.82) is 0 Å². The van der Waals surface area contributed by atoms with Crippen LogP contribution in [0.4, 0.5) is 10.2 Å². The molecule has 1 aromatic carbocycles. The van der Waals surface area contributed by atoms with Crippen molar-refractivity contribution in [2.75, 3.05) is 39.0 Å². The summed E-state index contributed by atoms with van der Waals surface area (Å²) in [6.07, 6.45) is 13.5. The van der Waals surface area contributed by atoms with Crippen LogP contribution in [0.1, 0.15) is 30.5 Å². The van der Waals surface area contributed by atoms with Gasteiger partial charge in [-0.05, 0) is 57.1 Å². The molecule has 0 radical (unpaired) electrons. The Morgan fingerprint density at radius 2 is 1.95 bits per heavy atom. The average molecular weight is 499 g/mol. The lowest BCUT2D eigenvalue weighted by Gasteiger charge is -2.31. The van der Waals surface area contributed by atoms with Crippen LogP contribution in [0, 0.1) is 5.82 Å². The molecule has 0 spiro atoms. The van der Waals surface area contributed by atoms with E-state index in [-0.39, 0.29) is 5.82 Å². The highest BCUT2D eigenvalue weighted by atomic mass is 19.1. The molecule has 0 amide bonds. The number of aromatic nitrogens is 5. The number of imidazole rings is 1. The number of allylic oxidation sites excluding steroid dienone is 2. The maximum Gasteiger partial charge on any atom is 0.161 e. The monoisotopic (exact) mass is 498 g/mol. The second kappa shape index (κ2) is 9.82. The number of likely N-dealkylation sites (tertiary alicyclic amines) is 1. The summed E-state index contributed by atoms with van der Waals surface area (Å²) in [5.74, 6) is 1.13. The topological polar surface area (TPSA) is 88.8 Å². The number of rotatable bonds is 5. The molecule has 4 aromatic rings. The van der Waals surface area contributed by atoms with Crippen molar-refractivity contribution in [3.05, 3.63) is 65.9 Å². The van der Waals surface area contributed by atoms with Gasteiger partial charge in [-0.3, -0.25) is 10.1 Å². The molecule has 0 bridgehead atoms. The third-order valence-corrected chi connectivity index (χ3v) is 6.91. The minimum atomic E-state index is -0.318. The molecule has 5 heterocycles. The number of halogens is 1. The molecule has 0 atom stereocenters. The lowest BCUT2D eigenvalue weighted by Crippen LogP contribution is -2.29. The maximum atomic E-state index is 15.2. The summed E-state index contributed by atoms with van der Waals surface area (Å²) >= 11 is 0.